The van der Waals surface area contributed by atoms with Crippen LogP contribution in [0.1, 0.15) is 39.7 Å². The first-order chi connectivity index (χ1) is 14.7. The highest BCUT2D eigenvalue weighted by Crippen LogP contribution is 2.31. The third kappa shape index (κ3) is 8.83. The van der Waals surface area contributed by atoms with Crippen molar-refractivity contribution in [2.24, 2.45) is 0 Å². The van der Waals surface area contributed by atoms with Crippen LogP contribution in [0.4, 0.5) is 18.9 Å². The van der Waals surface area contributed by atoms with Gasteiger partial charge in [0.1, 0.15) is 5.76 Å². The molecule has 2 N–H and O–H groups in total. The summed E-state index contributed by atoms with van der Waals surface area (Å²) in [4.78, 5) is 4.38. The number of allylic oxidation sites excluding steroid dienone is 2. The normalized spacial score (nSPS) is 17.0. The van der Waals surface area contributed by atoms with Crippen molar-refractivity contribution in [3.05, 3.63) is 53.4 Å². The van der Waals surface area contributed by atoms with Gasteiger partial charge in [-0.1, -0.05) is 26.8 Å². The zero-order valence-corrected chi connectivity index (χ0v) is 19.3. The molecule has 1 saturated heterocycles. The van der Waals surface area contributed by atoms with Crippen LogP contribution in [0.2, 0.25) is 0 Å². The molecule has 2 aliphatic rings. The van der Waals surface area contributed by atoms with Gasteiger partial charge in [0, 0.05) is 44.6 Å². The number of aliphatic hydroxyl groups is 1. The topological polar surface area (TPSA) is 42.0 Å². The Kier molecular flexibility index (Phi) is 11.5. The van der Waals surface area contributed by atoms with E-state index in [1.165, 1.54) is 12.1 Å². The molecule has 1 aromatic rings. The molecule has 0 atom stereocenters. The van der Waals surface area contributed by atoms with Gasteiger partial charge >= 0.3 is 6.18 Å². The fourth-order valence-electron chi connectivity index (χ4n) is 3.37. The van der Waals surface area contributed by atoms with E-state index in [1.807, 2.05) is 37.7 Å². The van der Waals surface area contributed by atoms with Gasteiger partial charge in [-0.15, -0.1) is 0 Å². The second-order valence-corrected chi connectivity index (χ2v) is 7.13. The van der Waals surface area contributed by atoms with Crippen LogP contribution in [0.15, 0.2) is 47.9 Å². The predicted molar refractivity (Wildman–Crippen MR) is 122 cm³/mol. The van der Waals surface area contributed by atoms with Crippen molar-refractivity contribution >= 4 is 5.69 Å². The molecule has 1 fully saturated rings. The molecule has 1 aromatic carbocycles. The highest BCUT2D eigenvalue weighted by molar-refractivity contribution is 5.49. The van der Waals surface area contributed by atoms with Crippen LogP contribution in [-0.4, -0.2) is 61.3 Å². The molecule has 0 aliphatic carbocycles. The van der Waals surface area contributed by atoms with Gasteiger partial charge in [-0.25, -0.2) is 5.43 Å². The molecule has 31 heavy (non-hydrogen) atoms. The molecule has 176 valence electrons. The number of hydrazine groups is 1. The first kappa shape index (κ1) is 26.8. The highest BCUT2D eigenvalue weighted by Gasteiger charge is 2.31. The van der Waals surface area contributed by atoms with Crippen LogP contribution in [0, 0.1) is 0 Å². The number of piperazine rings is 1. The summed E-state index contributed by atoms with van der Waals surface area (Å²) in [5.41, 5.74) is 4.12. The van der Waals surface area contributed by atoms with E-state index in [2.05, 4.69) is 17.2 Å². The Balaban J connectivity index is 0.000000337. The first-order valence-electron chi connectivity index (χ1n) is 10.9. The highest BCUT2D eigenvalue weighted by atomic mass is 19.4. The maximum atomic E-state index is 12.7. The molecule has 8 heteroatoms. The van der Waals surface area contributed by atoms with E-state index >= 15 is 0 Å². The first-order valence-corrected chi connectivity index (χ1v) is 10.9. The van der Waals surface area contributed by atoms with Gasteiger partial charge in [0.25, 0.3) is 0 Å². The van der Waals surface area contributed by atoms with Gasteiger partial charge in [-0.3, -0.25) is 4.90 Å². The van der Waals surface area contributed by atoms with Gasteiger partial charge in [0.05, 0.1) is 12.1 Å². The van der Waals surface area contributed by atoms with Crippen molar-refractivity contribution in [1.82, 2.24) is 15.3 Å². The van der Waals surface area contributed by atoms with E-state index < -0.39 is 11.7 Å². The van der Waals surface area contributed by atoms with Crippen LogP contribution in [0.5, 0.6) is 0 Å². The van der Waals surface area contributed by atoms with Crippen molar-refractivity contribution in [3.63, 3.8) is 0 Å². The number of halogens is 3. The van der Waals surface area contributed by atoms with Crippen LogP contribution < -0.4 is 10.3 Å². The molecule has 5 nitrogen and oxygen atoms in total. The van der Waals surface area contributed by atoms with E-state index in [4.69, 9.17) is 5.11 Å². The lowest BCUT2D eigenvalue weighted by atomic mass is 10.1. The molecule has 0 aromatic heterocycles. The second kappa shape index (κ2) is 13.3. The molecular weight excluding hydrogens is 405 g/mol. The average molecular weight is 443 g/mol. The lowest BCUT2D eigenvalue weighted by Gasteiger charge is -2.36. The van der Waals surface area contributed by atoms with Crippen LogP contribution >= 0.6 is 0 Å². The molecule has 0 bridgehead atoms. The number of hydrogen-bond donors (Lipinski definition) is 2. The molecule has 3 rings (SSSR count). The Morgan fingerprint density at radius 3 is 2.26 bits per heavy atom. The second-order valence-electron chi connectivity index (χ2n) is 7.13. The maximum absolute atomic E-state index is 12.7. The Labute approximate surface area is 184 Å². The summed E-state index contributed by atoms with van der Waals surface area (Å²) in [6.07, 6.45) is 0.326. The minimum atomic E-state index is -4.26. The number of anilines is 1. The Morgan fingerprint density at radius 2 is 1.74 bits per heavy atom. The molecule has 0 radical (unpaired) electrons. The van der Waals surface area contributed by atoms with E-state index in [1.54, 1.807) is 18.2 Å². The quantitative estimate of drug-likeness (QED) is 0.683. The average Bonchev–Trinajstić information content (AvgIpc) is 2.76. The predicted octanol–water partition coefficient (Wildman–Crippen LogP) is 5.05. The van der Waals surface area contributed by atoms with Crippen molar-refractivity contribution in [2.45, 2.75) is 40.3 Å². The number of alkyl halides is 3. The number of hydrogen-bond acceptors (Lipinski definition) is 5. The Morgan fingerprint density at radius 1 is 1.10 bits per heavy atom. The maximum Gasteiger partial charge on any atom is 0.416 e. The Hall–Kier alpha value is -2.19. The van der Waals surface area contributed by atoms with E-state index in [-0.39, 0.29) is 0 Å². The van der Waals surface area contributed by atoms with Gasteiger partial charge in [0.2, 0.25) is 0 Å². The fraction of sp³-hybridized carbons (Fsp3) is 0.565. The summed E-state index contributed by atoms with van der Waals surface area (Å²) in [7, 11) is 1.85. The lowest BCUT2D eigenvalue weighted by molar-refractivity contribution is -0.137. The number of aliphatic hydroxyl groups excluding tert-OH is 1. The van der Waals surface area contributed by atoms with Gasteiger partial charge in [-0.05, 0) is 50.2 Å². The molecular formula is C23H37F3N4O. The molecule has 2 aliphatic heterocycles. The number of benzene rings is 1. The van der Waals surface area contributed by atoms with E-state index in [0.29, 0.717) is 11.4 Å². The van der Waals surface area contributed by atoms with Crippen LogP contribution in [-0.2, 0) is 6.18 Å². The van der Waals surface area contributed by atoms with Crippen LogP contribution in [0.3, 0.4) is 0 Å². The summed E-state index contributed by atoms with van der Waals surface area (Å²) >= 11 is 0. The summed E-state index contributed by atoms with van der Waals surface area (Å²) in [5.74, 6) is 0.351. The summed E-state index contributed by atoms with van der Waals surface area (Å²) < 4.78 is 38.0. The summed E-state index contributed by atoms with van der Waals surface area (Å²) in [5, 5.41) is 11.0. The molecule has 0 amide bonds. The number of nitrogens with zero attached hydrogens (tertiary/aromatic N) is 3. The molecule has 0 saturated carbocycles. The van der Waals surface area contributed by atoms with Crippen molar-refractivity contribution < 1.29 is 18.3 Å². The standard InChI is InChI=1S/C14H19F3N2.C7H12N2O.C2H6/c1-2-6-18-7-9-19(10-8-18)13-5-3-4-12(11-13)14(15,16)17;1-6-5-7(10)3-4-9(6)8-2;1-2/h3-5,11H,2,6-10H2,1H3;3,5,8,10H,4H2,1-2H3;1-2H3. The molecule has 0 spiro atoms. The summed E-state index contributed by atoms with van der Waals surface area (Å²) in [6, 6.07) is 5.60. The monoisotopic (exact) mass is 442 g/mol. The van der Waals surface area contributed by atoms with Crippen LogP contribution in [0.25, 0.3) is 0 Å². The van der Waals surface area contributed by atoms with Crippen molar-refractivity contribution in [3.8, 4) is 0 Å². The largest absolute Gasteiger partial charge is 0.508 e. The minimum absolute atomic E-state index is 0.351. The van der Waals surface area contributed by atoms with Gasteiger partial charge in [0.15, 0.2) is 0 Å². The summed E-state index contributed by atoms with van der Waals surface area (Å²) in [6.45, 7) is 13.3. The SMILES string of the molecule is CC.CCCN1CCN(c2cccc(C(F)(F)F)c2)CC1.CNN1CC=C(O)C=C1C. The van der Waals surface area contributed by atoms with Crippen molar-refractivity contribution in [1.29, 1.82) is 0 Å². The fourth-order valence-corrected chi connectivity index (χ4v) is 3.37. The van der Waals surface area contributed by atoms with Gasteiger partial charge < -0.3 is 15.0 Å². The van der Waals surface area contributed by atoms with Crippen molar-refractivity contribution in [2.75, 3.05) is 51.2 Å². The zero-order valence-electron chi connectivity index (χ0n) is 19.3. The number of rotatable bonds is 4. The zero-order chi connectivity index (χ0) is 23.4. The smallest absolute Gasteiger partial charge is 0.416 e. The van der Waals surface area contributed by atoms with Gasteiger partial charge in [-0.2, -0.15) is 13.2 Å². The third-order valence-corrected chi connectivity index (χ3v) is 4.99. The molecule has 0 unspecified atom stereocenters. The molecule has 2 heterocycles. The lowest BCUT2D eigenvalue weighted by Crippen LogP contribution is -2.46. The third-order valence-electron chi connectivity index (χ3n) is 4.99. The minimum Gasteiger partial charge on any atom is -0.508 e. The Bertz CT molecular complexity index is 711. The van der Waals surface area contributed by atoms with E-state index in [9.17, 15) is 13.2 Å². The number of nitrogens with one attached hydrogen (secondary N) is 1. The van der Waals surface area contributed by atoms with E-state index in [0.717, 1.165) is 57.5 Å².